The molecule has 0 amide bonds. The van der Waals surface area contributed by atoms with Gasteiger partial charge in [-0.15, -0.1) is 0 Å². The monoisotopic (exact) mass is 287 g/mol. The Morgan fingerprint density at radius 3 is 2.52 bits per heavy atom. The van der Waals surface area contributed by atoms with Gasteiger partial charge >= 0.3 is 0 Å². The summed E-state index contributed by atoms with van der Waals surface area (Å²) in [4.78, 5) is 17.0. The van der Waals surface area contributed by atoms with Gasteiger partial charge in [-0.1, -0.05) is 0 Å². The average Bonchev–Trinajstić information content (AvgIpc) is 2.54. The molecule has 1 aliphatic rings. The van der Waals surface area contributed by atoms with Crippen LogP contribution in [0.1, 0.15) is 13.8 Å². The number of nitrogens with zero attached hydrogens (tertiary/aromatic N) is 6. The van der Waals surface area contributed by atoms with Crippen LogP contribution in [0.15, 0.2) is 23.5 Å². The molecule has 1 saturated heterocycles. The van der Waals surface area contributed by atoms with E-state index in [0.717, 1.165) is 32.1 Å². The minimum absolute atomic E-state index is 0.414. The highest BCUT2D eigenvalue weighted by Gasteiger charge is 2.21. The fourth-order valence-corrected chi connectivity index (χ4v) is 2.00. The van der Waals surface area contributed by atoms with E-state index in [4.69, 9.17) is 11.0 Å². The second-order valence-electron chi connectivity index (χ2n) is 5.69. The second-order valence-corrected chi connectivity index (χ2v) is 5.69. The van der Waals surface area contributed by atoms with Gasteiger partial charge in [0.25, 0.3) is 0 Å². The van der Waals surface area contributed by atoms with Crippen LogP contribution in [0.5, 0.6) is 0 Å². The van der Waals surface area contributed by atoms with Crippen molar-refractivity contribution in [2.75, 3.05) is 37.6 Å². The number of hydrogen-bond donors (Lipinski definition) is 1. The fraction of sp³-hybridized carbons (Fsp3) is 0.571. The van der Waals surface area contributed by atoms with Crippen molar-refractivity contribution in [2.24, 2.45) is 16.1 Å². The SMILES string of the molecule is CC(C)(C#N)CN=C(N)N1CCN(c2ncccn2)CC1. The third kappa shape index (κ3) is 4.05. The Labute approximate surface area is 125 Å². The van der Waals surface area contributed by atoms with Crippen LogP contribution in [0.25, 0.3) is 0 Å². The van der Waals surface area contributed by atoms with Crippen LogP contribution in [0.3, 0.4) is 0 Å². The number of hydrogen-bond acceptors (Lipinski definition) is 5. The van der Waals surface area contributed by atoms with Gasteiger partial charge in [-0.3, -0.25) is 4.99 Å². The van der Waals surface area contributed by atoms with E-state index in [9.17, 15) is 0 Å². The highest BCUT2D eigenvalue weighted by Crippen LogP contribution is 2.14. The zero-order valence-corrected chi connectivity index (χ0v) is 12.5. The molecule has 0 atom stereocenters. The lowest BCUT2D eigenvalue weighted by atomic mass is 9.96. The molecule has 0 radical (unpaired) electrons. The number of nitrogens with two attached hydrogens (primary N) is 1. The zero-order valence-electron chi connectivity index (χ0n) is 12.5. The smallest absolute Gasteiger partial charge is 0.225 e. The Morgan fingerprint density at radius 2 is 1.95 bits per heavy atom. The minimum Gasteiger partial charge on any atom is -0.370 e. The molecule has 7 nitrogen and oxygen atoms in total. The van der Waals surface area contributed by atoms with E-state index in [1.54, 1.807) is 18.5 Å². The summed E-state index contributed by atoms with van der Waals surface area (Å²) in [6.45, 7) is 7.30. The molecule has 0 aromatic carbocycles. The molecule has 21 heavy (non-hydrogen) atoms. The normalized spacial score (nSPS) is 16.7. The molecule has 0 spiro atoms. The minimum atomic E-state index is -0.482. The van der Waals surface area contributed by atoms with Crippen LogP contribution in [0.2, 0.25) is 0 Å². The molecule has 2 heterocycles. The van der Waals surface area contributed by atoms with E-state index < -0.39 is 5.41 Å². The third-order valence-corrected chi connectivity index (χ3v) is 3.38. The first-order valence-electron chi connectivity index (χ1n) is 7.00. The second kappa shape index (κ2) is 6.39. The molecule has 0 aliphatic carbocycles. The van der Waals surface area contributed by atoms with Crippen molar-refractivity contribution in [3.63, 3.8) is 0 Å². The molecule has 1 fully saturated rings. The van der Waals surface area contributed by atoms with Crippen molar-refractivity contribution in [1.29, 1.82) is 5.26 Å². The predicted octanol–water partition coefficient (Wildman–Crippen LogP) is 0.463. The average molecular weight is 287 g/mol. The van der Waals surface area contributed by atoms with Crippen LogP contribution < -0.4 is 10.6 Å². The molecule has 7 heteroatoms. The molecular formula is C14H21N7. The third-order valence-electron chi connectivity index (χ3n) is 3.38. The molecule has 0 bridgehead atoms. The van der Waals surface area contributed by atoms with Gasteiger partial charge < -0.3 is 15.5 Å². The van der Waals surface area contributed by atoms with Gasteiger partial charge in [0.15, 0.2) is 5.96 Å². The lowest BCUT2D eigenvalue weighted by Crippen LogP contribution is -2.51. The number of aromatic nitrogens is 2. The number of nitriles is 1. The molecule has 1 aromatic heterocycles. The van der Waals surface area contributed by atoms with Crippen molar-refractivity contribution in [3.8, 4) is 6.07 Å². The van der Waals surface area contributed by atoms with Gasteiger partial charge in [-0.25, -0.2) is 9.97 Å². The first-order chi connectivity index (χ1) is 10.0. The number of guanidine groups is 1. The van der Waals surface area contributed by atoms with Crippen molar-refractivity contribution >= 4 is 11.9 Å². The molecule has 1 aliphatic heterocycles. The lowest BCUT2D eigenvalue weighted by Gasteiger charge is -2.35. The number of anilines is 1. The van der Waals surface area contributed by atoms with Crippen molar-refractivity contribution in [3.05, 3.63) is 18.5 Å². The molecule has 1 aromatic rings. The molecule has 2 N–H and O–H groups in total. The van der Waals surface area contributed by atoms with E-state index in [2.05, 4.69) is 25.9 Å². The quantitative estimate of drug-likeness (QED) is 0.641. The topological polar surface area (TPSA) is 94.4 Å². The maximum absolute atomic E-state index is 8.98. The summed E-state index contributed by atoms with van der Waals surface area (Å²) >= 11 is 0. The van der Waals surface area contributed by atoms with E-state index in [1.807, 2.05) is 18.7 Å². The number of piperazine rings is 1. The van der Waals surface area contributed by atoms with Crippen LogP contribution in [-0.4, -0.2) is 53.6 Å². The fourth-order valence-electron chi connectivity index (χ4n) is 2.00. The summed E-state index contributed by atoms with van der Waals surface area (Å²) in [5, 5.41) is 8.98. The first-order valence-corrected chi connectivity index (χ1v) is 7.00. The summed E-state index contributed by atoms with van der Waals surface area (Å²) in [5.41, 5.74) is 5.53. The molecule has 112 valence electrons. The van der Waals surface area contributed by atoms with Crippen molar-refractivity contribution in [2.45, 2.75) is 13.8 Å². The maximum Gasteiger partial charge on any atom is 0.225 e. The first kappa shape index (κ1) is 15.0. The van der Waals surface area contributed by atoms with E-state index in [1.165, 1.54) is 0 Å². The van der Waals surface area contributed by atoms with Crippen LogP contribution in [0.4, 0.5) is 5.95 Å². The highest BCUT2D eigenvalue weighted by atomic mass is 15.3. The van der Waals surface area contributed by atoms with Crippen molar-refractivity contribution in [1.82, 2.24) is 14.9 Å². The summed E-state index contributed by atoms with van der Waals surface area (Å²) < 4.78 is 0. The zero-order chi connectivity index (χ0) is 15.3. The Kier molecular flexibility index (Phi) is 4.58. The van der Waals surface area contributed by atoms with Gasteiger partial charge in [0.05, 0.1) is 18.0 Å². The Morgan fingerprint density at radius 1 is 1.33 bits per heavy atom. The van der Waals surface area contributed by atoms with E-state index >= 15 is 0 Å². The highest BCUT2D eigenvalue weighted by molar-refractivity contribution is 5.78. The molecule has 2 rings (SSSR count). The largest absolute Gasteiger partial charge is 0.370 e. The maximum atomic E-state index is 8.98. The van der Waals surface area contributed by atoms with Crippen molar-refractivity contribution < 1.29 is 0 Å². The van der Waals surface area contributed by atoms with Gasteiger partial charge in [0.1, 0.15) is 0 Å². The number of rotatable bonds is 3. The van der Waals surface area contributed by atoms with Gasteiger partial charge in [0, 0.05) is 38.6 Å². The summed E-state index contributed by atoms with van der Waals surface area (Å²) in [7, 11) is 0. The summed E-state index contributed by atoms with van der Waals surface area (Å²) in [6, 6.07) is 4.03. The van der Waals surface area contributed by atoms with Gasteiger partial charge in [-0.2, -0.15) is 5.26 Å². The molecule has 0 saturated carbocycles. The van der Waals surface area contributed by atoms with E-state index in [-0.39, 0.29) is 0 Å². The van der Waals surface area contributed by atoms with Crippen LogP contribution in [-0.2, 0) is 0 Å². The Balaban J connectivity index is 1.89. The lowest BCUT2D eigenvalue weighted by molar-refractivity contribution is 0.375. The van der Waals surface area contributed by atoms with Gasteiger partial charge in [-0.05, 0) is 19.9 Å². The summed E-state index contributed by atoms with van der Waals surface area (Å²) in [5.74, 6) is 1.25. The molecular weight excluding hydrogens is 266 g/mol. The van der Waals surface area contributed by atoms with Crippen LogP contribution in [0, 0.1) is 16.7 Å². The molecule has 0 unspecified atom stereocenters. The Hall–Kier alpha value is -2.36. The predicted molar refractivity (Wildman–Crippen MR) is 81.7 cm³/mol. The number of aliphatic imine (C=N–C) groups is 1. The van der Waals surface area contributed by atoms with Crippen LogP contribution >= 0.6 is 0 Å². The standard InChI is InChI=1S/C14H21N7/c1-14(2,10-15)11-19-12(16)20-6-8-21(9-7-20)13-17-4-3-5-18-13/h3-5H,6-9,11H2,1-2H3,(H2,16,19). The Bertz CT molecular complexity index is 524. The van der Waals surface area contributed by atoms with Gasteiger partial charge in [0.2, 0.25) is 5.95 Å². The van der Waals surface area contributed by atoms with E-state index in [0.29, 0.717) is 12.5 Å². The summed E-state index contributed by atoms with van der Waals surface area (Å²) in [6.07, 6.45) is 3.49.